The molecule has 1 aromatic rings. The van der Waals surface area contributed by atoms with Gasteiger partial charge < -0.3 is 4.90 Å². The molecule has 0 aliphatic carbocycles. The molecule has 4 heteroatoms. The van der Waals surface area contributed by atoms with Gasteiger partial charge in [0.2, 0.25) is 5.91 Å². The summed E-state index contributed by atoms with van der Waals surface area (Å²) in [7, 11) is 0. The summed E-state index contributed by atoms with van der Waals surface area (Å²) in [5.41, 5.74) is 1.24. The molecule has 0 N–H and O–H groups in total. The summed E-state index contributed by atoms with van der Waals surface area (Å²) >= 11 is 0. The van der Waals surface area contributed by atoms with Crippen molar-refractivity contribution in [2.45, 2.75) is 32.2 Å². The number of likely N-dealkylation sites (N-methyl/N-ethyl adjacent to an activating group) is 1. The zero-order valence-corrected chi connectivity index (χ0v) is 15.4. The second-order valence-corrected chi connectivity index (χ2v) is 7.08. The molecule has 3 rings (SSSR count). The molecule has 2 saturated heterocycles. The number of likely N-dealkylation sites (tertiary alicyclic amines) is 1. The Kier molecular flexibility index (Phi) is 6.65. The highest BCUT2D eigenvalue weighted by Crippen LogP contribution is 2.19. The molecule has 0 radical (unpaired) electrons. The fourth-order valence-corrected chi connectivity index (χ4v) is 3.91. The minimum absolute atomic E-state index is 0.128. The number of carbonyl (C=O) groups excluding carboxylic acids is 1. The lowest BCUT2D eigenvalue weighted by atomic mass is 10.0. The van der Waals surface area contributed by atoms with Crippen LogP contribution in [0, 0.1) is 0 Å². The van der Waals surface area contributed by atoms with Gasteiger partial charge >= 0.3 is 0 Å². The number of carbonyl (C=O) groups is 1. The van der Waals surface area contributed by atoms with E-state index in [1.807, 2.05) is 6.07 Å². The van der Waals surface area contributed by atoms with Crippen molar-refractivity contribution in [2.24, 2.45) is 0 Å². The van der Waals surface area contributed by atoms with Crippen LogP contribution in [0.4, 0.5) is 0 Å². The van der Waals surface area contributed by atoms with E-state index in [2.05, 4.69) is 58.0 Å². The SMILES string of the molecule is CCN1CCCCC1C(=O)N1CCN(C/C=C/c2ccccc2)CC1. The van der Waals surface area contributed by atoms with Crippen LogP contribution in [-0.4, -0.2) is 72.5 Å². The first kappa shape index (κ1) is 18.2. The first-order valence-electron chi connectivity index (χ1n) is 9.74. The molecule has 1 atom stereocenters. The van der Waals surface area contributed by atoms with Crippen molar-refractivity contribution in [3.05, 3.63) is 42.0 Å². The van der Waals surface area contributed by atoms with Crippen LogP contribution in [0.1, 0.15) is 31.7 Å². The molecule has 2 aliphatic heterocycles. The highest BCUT2D eigenvalue weighted by Gasteiger charge is 2.32. The topological polar surface area (TPSA) is 26.8 Å². The number of hydrogen-bond acceptors (Lipinski definition) is 3. The van der Waals surface area contributed by atoms with Gasteiger partial charge in [-0.15, -0.1) is 0 Å². The van der Waals surface area contributed by atoms with Crippen LogP contribution in [-0.2, 0) is 4.79 Å². The van der Waals surface area contributed by atoms with Gasteiger partial charge in [-0.1, -0.05) is 55.8 Å². The van der Waals surface area contributed by atoms with Gasteiger partial charge in [-0.05, 0) is 31.5 Å². The number of piperidine rings is 1. The molecule has 2 aliphatic rings. The third kappa shape index (κ3) is 4.93. The number of nitrogens with zero attached hydrogens (tertiary/aromatic N) is 3. The number of hydrogen-bond donors (Lipinski definition) is 0. The smallest absolute Gasteiger partial charge is 0.240 e. The summed E-state index contributed by atoms with van der Waals surface area (Å²) < 4.78 is 0. The quantitative estimate of drug-likeness (QED) is 0.824. The van der Waals surface area contributed by atoms with Crippen LogP contribution in [0.2, 0.25) is 0 Å². The van der Waals surface area contributed by atoms with Crippen molar-refractivity contribution in [2.75, 3.05) is 45.8 Å². The Bertz CT molecular complexity index is 564. The molecular formula is C21H31N3O. The van der Waals surface area contributed by atoms with Gasteiger partial charge in [0.25, 0.3) is 0 Å². The highest BCUT2D eigenvalue weighted by atomic mass is 16.2. The zero-order valence-electron chi connectivity index (χ0n) is 15.4. The molecule has 0 saturated carbocycles. The molecule has 2 heterocycles. The Morgan fingerprint density at radius 3 is 2.56 bits per heavy atom. The first-order valence-corrected chi connectivity index (χ1v) is 9.74. The number of piperazine rings is 1. The van der Waals surface area contributed by atoms with Crippen molar-refractivity contribution >= 4 is 12.0 Å². The van der Waals surface area contributed by atoms with Crippen LogP contribution < -0.4 is 0 Å². The summed E-state index contributed by atoms with van der Waals surface area (Å²) in [6, 6.07) is 10.5. The van der Waals surface area contributed by atoms with E-state index >= 15 is 0 Å². The lowest BCUT2D eigenvalue weighted by Crippen LogP contribution is -2.55. The summed E-state index contributed by atoms with van der Waals surface area (Å²) in [4.78, 5) is 19.8. The summed E-state index contributed by atoms with van der Waals surface area (Å²) in [5.74, 6) is 0.362. The Morgan fingerprint density at radius 1 is 1.08 bits per heavy atom. The molecule has 0 spiro atoms. The van der Waals surface area contributed by atoms with E-state index in [1.54, 1.807) is 0 Å². The second kappa shape index (κ2) is 9.16. The van der Waals surface area contributed by atoms with Gasteiger partial charge in [0.1, 0.15) is 0 Å². The lowest BCUT2D eigenvalue weighted by molar-refractivity contribution is -0.139. The minimum atomic E-state index is 0.128. The Morgan fingerprint density at radius 2 is 1.84 bits per heavy atom. The molecule has 0 bridgehead atoms. The van der Waals surface area contributed by atoms with E-state index in [1.165, 1.54) is 18.4 Å². The third-order valence-corrected chi connectivity index (χ3v) is 5.46. The predicted octanol–water partition coefficient (Wildman–Crippen LogP) is 2.72. The van der Waals surface area contributed by atoms with Crippen molar-refractivity contribution in [3.63, 3.8) is 0 Å². The zero-order chi connectivity index (χ0) is 17.5. The van der Waals surface area contributed by atoms with E-state index in [4.69, 9.17) is 0 Å². The maximum atomic E-state index is 12.9. The second-order valence-electron chi connectivity index (χ2n) is 7.08. The molecular weight excluding hydrogens is 310 g/mol. The first-order chi connectivity index (χ1) is 12.3. The standard InChI is InChI=1S/C21H31N3O/c1-2-23-14-7-6-12-20(23)21(25)24-17-15-22(16-18-24)13-8-11-19-9-4-3-5-10-19/h3-5,8-11,20H,2,6-7,12-18H2,1H3/b11-8+. The van der Waals surface area contributed by atoms with Crippen LogP contribution in [0.3, 0.4) is 0 Å². The van der Waals surface area contributed by atoms with Crippen molar-refractivity contribution in [3.8, 4) is 0 Å². The van der Waals surface area contributed by atoms with Gasteiger partial charge in [0, 0.05) is 32.7 Å². The van der Waals surface area contributed by atoms with Crippen LogP contribution in [0.25, 0.3) is 6.08 Å². The highest BCUT2D eigenvalue weighted by molar-refractivity contribution is 5.82. The minimum Gasteiger partial charge on any atom is -0.339 e. The van der Waals surface area contributed by atoms with E-state index in [0.29, 0.717) is 5.91 Å². The Balaban J connectivity index is 1.45. The fourth-order valence-electron chi connectivity index (χ4n) is 3.91. The lowest BCUT2D eigenvalue weighted by Gasteiger charge is -2.40. The Hall–Kier alpha value is -1.65. The van der Waals surface area contributed by atoms with Crippen LogP contribution in [0.15, 0.2) is 36.4 Å². The van der Waals surface area contributed by atoms with Gasteiger partial charge in [0.15, 0.2) is 0 Å². The third-order valence-electron chi connectivity index (χ3n) is 5.46. The summed E-state index contributed by atoms with van der Waals surface area (Å²) in [6.45, 7) is 8.88. The van der Waals surface area contributed by atoms with E-state index < -0.39 is 0 Å². The molecule has 4 nitrogen and oxygen atoms in total. The number of amides is 1. The average molecular weight is 341 g/mol. The number of benzene rings is 1. The van der Waals surface area contributed by atoms with Crippen molar-refractivity contribution in [1.82, 2.24) is 14.7 Å². The van der Waals surface area contributed by atoms with Crippen molar-refractivity contribution in [1.29, 1.82) is 0 Å². The monoisotopic (exact) mass is 341 g/mol. The van der Waals surface area contributed by atoms with Gasteiger partial charge in [-0.3, -0.25) is 14.6 Å². The van der Waals surface area contributed by atoms with Crippen LogP contribution >= 0.6 is 0 Å². The number of rotatable bonds is 5. The summed E-state index contributed by atoms with van der Waals surface area (Å²) in [5, 5.41) is 0. The largest absolute Gasteiger partial charge is 0.339 e. The molecule has 25 heavy (non-hydrogen) atoms. The maximum Gasteiger partial charge on any atom is 0.240 e. The average Bonchev–Trinajstić information content (AvgIpc) is 2.69. The van der Waals surface area contributed by atoms with Crippen molar-refractivity contribution < 1.29 is 4.79 Å². The van der Waals surface area contributed by atoms with Crippen LogP contribution in [0.5, 0.6) is 0 Å². The maximum absolute atomic E-state index is 12.9. The van der Waals surface area contributed by atoms with Gasteiger partial charge in [-0.25, -0.2) is 0 Å². The van der Waals surface area contributed by atoms with E-state index in [0.717, 1.165) is 52.2 Å². The van der Waals surface area contributed by atoms with Gasteiger partial charge in [0.05, 0.1) is 6.04 Å². The predicted molar refractivity (Wildman–Crippen MR) is 103 cm³/mol. The normalized spacial score (nSPS) is 23.2. The molecule has 2 fully saturated rings. The molecule has 136 valence electrons. The molecule has 1 amide bonds. The molecule has 0 aromatic heterocycles. The molecule has 1 unspecified atom stereocenters. The molecule has 1 aromatic carbocycles. The Labute approximate surface area is 152 Å². The fraction of sp³-hybridized carbons (Fsp3) is 0.571. The summed E-state index contributed by atoms with van der Waals surface area (Å²) in [6.07, 6.45) is 7.87. The van der Waals surface area contributed by atoms with Gasteiger partial charge in [-0.2, -0.15) is 0 Å². The van der Waals surface area contributed by atoms with E-state index in [-0.39, 0.29) is 6.04 Å². The van der Waals surface area contributed by atoms with E-state index in [9.17, 15) is 4.79 Å².